The highest BCUT2D eigenvalue weighted by atomic mass is 19.3. The lowest BCUT2D eigenvalue weighted by atomic mass is 10.0. The highest BCUT2D eigenvalue weighted by Gasteiger charge is 2.13. The largest absolute Gasteiger partial charge is 0.481 e. The van der Waals surface area contributed by atoms with Crippen LogP contribution in [0.2, 0.25) is 0 Å². The number of amides is 1. The van der Waals surface area contributed by atoms with Gasteiger partial charge in [0, 0.05) is 24.9 Å². The van der Waals surface area contributed by atoms with E-state index in [4.69, 9.17) is 5.11 Å². The number of alkyl halides is 2. The first kappa shape index (κ1) is 16.1. The van der Waals surface area contributed by atoms with Gasteiger partial charge in [0.05, 0.1) is 0 Å². The van der Waals surface area contributed by atoms with E-state index in [1.165, 1.54) is 19.1 Å². The Hall–Kier alpha value is -1.98. The molecule has 0 aromatic heterocycles. The van der Waals surface area contributed by atoms with Crippen molar-refractivity contribution in [3.8, 4) is 0 Å². The summed E-state index contributed by atoms with van der Waals surface area (Å²) in [5, 5.41) is 11.3. The second-order valence-corrected chi connectivity index (χ2v) is 4.58. The average molecular weight is 285 g/mol. The van der Waals surface area contributed by atoms with Gasteiger partial charge in [-0.3, -0.25) is 9.59 Å². The lowest BCUT2D eigenvalue weighted by Crippen LogP contribution is -2.35. The van der Waals surface area contributed by atoms with E-state index in [0.29, 0.717) is 12.8 Å². The molecule has 4 nitrogen and oxygen atoms in total. The van der Waals surface area contributed by atoms with Crippen LogP contribution in [-0.2, 0) is 16.0 Å². The molecule has 0 aliphatic carbocycles. The molecule has 1 aromatic rings. The topological polar surface area (TPSA) is 66.4 Å². The SMILES string of the molecule is CC(=O)NC(CCC(=O)O)Cc1ccc(C(F)F)cc1. The number of rotatable bonds is 7. The van der Waals surface area contributed by atoms with Crippen molar-refractivity contribution in [2.75, 3.05) is 0 Å². The van der Waals surface area contributed by atoms with Crippen LogP contribution in [0.1, 0.15) is 37.3 Å². The number of hydrogen-bond donors (Lipinski definition) is 2. The molecule has 1 aromatic carbocycles. The van der Waals surface area contributed by atoms with Gasteiger partial charge in [-0.25, -0.2) is 8.78 Å². The van der Waals surface area contributed by atoms with Crippen LogP contribution in [0.4, 0.5) is 8.78 Å². The van der Waals surface area contributed by atoms with Crippen molar-refractivity contribution >= 4 is 11.9 Å². The van der Waals surface area contributed by atoms with E-state index < -0.39 is 12.4 Å². The van der Waals surface area contributed by atoms with E-state index in [-0.39, 0.29) is 23.9 Å². The number of carbonyl (C=O) groups is 2. The molecule has 0 radical (unpaired) electrons. The minimum absolute atomic E-state index is 0.0555. The molecule has 1 rings (SSSR count). The number of carbonyl (C=O) groups excluding carboxylic acids is 1. The van der Waals surface area contributed by atoms with Crippen molar-refractivity contribution in [3.63, 3.8) is 0 Å². The minimum atomic E-state index is -2.51. The van der Waals surface area contributed by atoms with Gasteiger partial charge in [-0.2, -0.15) is 0 Å². The molecule has 0 aliphatic heterocycles. The Morgan fingerprint density at radius 2 is 1.85 bits per heavy atom. The molecule has 0 aliphatic rings. The van der Waals surface area contributed by atoms with Gasteiger partial charge < -0.3 is 10.4 Å². The molecule has 0 heterocycles. The van der Waals surface area contributed by atoms with E-state index in [2.05, 4.69) is 5.32 Å². The first-order valence-electron chi connectivity index (χ1n) is 6.24. The van der Waals surface area contributed by atoms with Gasteiger partial charge in [-0.15, -0.1) is 0 Å². The quantitative estimate of drug-likeness (QED) is 0.809. The fourth-order valence-corrected chi connectivity index (χ4v) is 1.89. The summed E-state index contributed by atoms with van der Waals surface area (Å²) in [6.07, 6.45) is -1.86. The third-order valence-electron chi connectivity index (χ3n) is 2.83. The molecular weight excluding hydrogens is 268 g/mol. The zero-order chi connectivity index (χ0) is 15.1. The van der Waals surface area contributed by atoms with Gasteiger partial charge in [-0.05, 0) is 18.4 Å². The molecule has 1 atom stereocenters. The van der Waals surface area contributed by atoms with Crippen LogP contribution < -0.4 is 5.32 Å². The van der Waals surface area contributed by atoms with E-state index in [1.807, 2.05) is 0 Å². The summed E-state index contributed by atoms with van der Waals surface area (Å²) in [7, 11) is 0. The summed E-state index contributed by atoms with van der Waals surface area (Å²) in [5.74, 6) is -1.18. The first-order chi connectivity index (χ1) is 9.38. The zero-order valence-corrected chi connectivity index (χ0v) is 11.1. The fraction of sp³-hybridized carbons (Fsp3) is 0.429. The summed E-state index contributed by atoms with van der Waals surface area (Å²) in [5.41, 5.74) is 0.717. The van der Waals surface area contributed by atoms with Gasteiger partial charge >= 0.3 is 5.97 Å². The third-order valence-corrected chi connectivity index (χ3v) is 2.83. The number of nitrogens with one attached hydrogen (secondary N) is 1. The third kappa shape index (κ3) is 5.77. The first-order valence-corrected chi connectivity index (χ1v) is 6.24. The molecule has 2 N–H and O–H groups in total. The van der Waals surface area contributed by atoms with Crippen LogP contribution >= 0.6 is 0 Å². The summed E-state index contributed by atoms with van der Waals surface area (Å²) in [6, 6.07) is 5.49. The van der Waals surface area contributed by atoms with Crippen molar-refractivity contribution in [1.82, 2.24) is 5.32 Å². The molecule has 20 heavy (non-hydrogen) atoms. The zero-order valence-electron chi connectivity index (χ0n) is 11.1. The van der Waals surface area contributed by atoms with Crippen molar-refractivity contribution in [2.24, 2.45) is 0 Å². The predicted octanol–water partition coefficient (Wildman–Crippen LogP) is 2.54. The number of halogens is 2. The maximum absolute atomic E-state index is 12.4. The van der Waals surface area contributed by atoms with Crippen LogP contribution in [0, 0.1) is 0 Å². The van der Waals surface area contributed by atoms with Gasteiger partial charge in [0.15, 0.2) is 0 Å². The van der Waals surface area contributed by atoms with Crippen LogP contribution in [0.3, 0.4) is 0 Å². The van der Waals surface area contributed by atoms with Crippen LogP contribution in [0.15, 0.2) is 24.3 Å². The molecule has 1 amide bonds. The van der Waals surface area contributed by atoms with Crippen molar-refractivity contribution in [2.45, 2.75) is 38.7 Å². The number of benzene rings is 1. The highest BCUT2D eigenvalue weighted by Crippen LogP contribution is 2.19. The van der Waals surface area contributed by atoms with Gasteiger partial charge in [0.2, 0.25) is 5.91 Å². The Morgan fingerprint density at radius 3 is 2.30 bits per heavy atom. The van der Waals surface area contributed by atoms with E-state index in [0.717, 1.165) is 5.56 Å². The summed E-state index contributed by atoms with van der Waals surface area (Å²) >= 11 is 0. The Labute approximate surface area is 115 Å². The van der Waals surface area contributed by atoms with Gasteiger partial charge in [0.1, 0.15) is 0 Å². The second kappa shape index (κ2) is 7.57. The maximum atomic E-state index is 12.4. The normalized spacial score (nSPS) is 12.2. The Bertz CT molecular complexity index is 460. The van der Waals surface area contributed by atoms with Crippen LogP contribution in [0.25, 0.3) is 0 Å². The van der Waals surface area contributed by atoms with E-state index >= 15 is 0 Å². The van der Waals surface area contributed by atoms with Gasteiger partial charge in [0.25, 0.3) is 6.43 Å². The van der Waals surface area contributed by atoms with Crippen molar-refractivity contribution in [3.05, 3.63) is 35.4 Å². The Morgan fingerprint density at radius 1 is 1.25 bits per heavy atom. The summed E-state index contributed by atoms with van der Waals surface area (Å²) in [4.78, 5) is 21.6. The molecular formula is C14H17F2NO3. The fourth-order valence-electron chi connectivity index (χ4n) is 1.89. The van der Waals surface area contributed by atoms with E-state index in [1.54, 1.807) is 12.1 Å². The van der Waals surface area contributed by atoms with Crippen molar-refractivity contribution < 1.29 is 23.5 Å². The lowest BCUT2D eigenvalue weighted by Gasteiger charge is -2.17. The molecule has 0 bridgehead atoms. The van der Waals surface area contributed by atoms with Crippen LogP contribution in [-0.4, -0.2) is 23.0 Å². The molecule has 1 unspecified atom stereocenters. The molecule has 0 fully saturated rings. The Balaban J connectivity index is 2.67. The second-order valence-electron chi connectivity index (χ2n) is 4.58. The molecule has 0 saturated heterocycles. The van der Waals surface area contributed by atoms with E-state index in [9.17, 15) is 18.4 Å². The number of hydrogen-bond acceptors (Lipinski definition) is 2. The summed E-state index contributed by atoms with van der Waals surface area (Å²) < 4.78 is 24.8. The molecule has 110 valence electrons. The molecule has 0 spiro atoms. The molecule has 6 heteroatoms. The number of carboxylic acid groups (broad SMARTS) is 1. The maximum Gasteiger partial charge on any atom is 0.303 e. The highest BCUT2D eigenvalue weighted by molar-refractivity contribution is 5.73. The predicted molar refractivity (Wildman–Crippen MR) is 69.6 cm³/mol. The molecule has 0 saturated carbocycles. The monoisotopic (exact) mass is 285 g/mol. The number of carboxylic acids is 1. The minimum Gasteiger partial charge on any atom is -0.481 e. The standard InChI is InChI=1S/C14H17F2NO3/c1-9(18)17-12(6-7-13(19)20)8-10-2-4-11(5-3-10)14(15)16/h2-5,12,14H,6-8H2,1H3,(H,17,18)(H,19,20). The van der Waals surface area contributed by atoms with Crippen LogP contribution in [0.5, 0.6) is 0 Å². The Kier molecular flexibility index (Phi) is 6.09. The average Bonchev–Trinajstić information content (AvgIpc) is 2.36. The lowest BCUT2D eigenvalue weighted by molar-refractivity contribution is -0.137. The smallest absolute Gasteiger partial charge is 0.303 e. The number of aliphatic carboxylic acids is 1. The van der Waals surface area contributed by atoms with Gasteiger partial charge in [-0.1, -0.05) is 24.3 Å². The summed E-state index contributed by atoms with van der Waals surface area (Å²) in [6.45, 7) is 1.35. The van der Waals surface area contributed by atoms with Crippen molar-refractivity contribution in [1.29, 1.82) is 0 Å².